The Bertz CT molecular complexity index is 1260. The maximum absolute atomic E-state index is 13.1. The van der Waals surface area contributed by atoms with Crippen LogP contribution >= 0.6 is 11.3 Å². The number of benzene rings is 2. The Kier molecular flexibility index (Phi) is 3.86. The molecule has 1 aliphatic heterocycles. The van der Waals surface area contributed by atoms with Crippen LogP contribution in [0.2, 0.25) is 0 Å². The van der Waals surface area contributed by atoms with Gasteiger partial charge >= 0.3 is 0 Å². The minimum absolute atomic E-state index is 0.0273. The molecule has 0 spiro atoms. The Labute approximate surface area is 160 Å². The van der Waals surface area contributed by atoms with Gasteiger partial charge in [0.1, 0.15) is 0 Å². The fourth-order valence-electron chi connectivity index (χ4n) is 3.78. The van der Waals surface area contributed by atoms with Crippen LogP contribution in [0.3, 0.4) is 0 Å². The summed E-state index contributed by atoms with van der Waals surface area (Å²) in [5.41, 5.74) is 12.0. The fourth-order valence-corrected chi connectivity index (χ4v) is 4.82. The molecule has 0 radical (unpaired) electrons. The maximum Gasteiger partial charge on any atom is 0.274 e. The summed E-state index contributed by atoms with van der Waals surface area (Å²) in [5.74, 6) is 0.207. The number of hydrazine groups is 1. The minimum atomic E-state index is 0.0273. The van der Waals surface area contributed by atoms with Crippen LogP contribution in [0.25, 0.3) is 22.1 Å². The first-order valence-corrected chi connectivity index (χ1v) is 9.91. The zero-order valence-electron chi connectivity index (χ0n) is 15.2. The average molecular weight is 376 g/mol. The zero-order chi connectivity index (χ0) is 18.5. The zero-order valence-corrected chi connectivity index (χ0v) is 16.0. The summed E-state index contributed by atoms with van der Waals surface area (Å²) in [6, 6.07) is 14.6. The quantitative estimate of drug-likeness (QED) is 0.564. The second-order valence-electron chi connectivity index (χ2n) is 7.17. The molecule has 2 aromatic carbocycles. The molecule has 0 amide bonds. The van der Waals surface area contributed by atoms with Gasteiger partial charge in [-0.2, -0.15) is 0 Å². The van der Waals surface area contributed by atoms with Gasteiger partial charge in [-0.3, -0.25) is 10.2 Å². The summed E-state index contributed by atoms with van der Waals surface area (Å²) < 4.78 is 2.51. The first-order chi connectivity index (χ1) is 13.1. The third-order valence-electron chi connectivity index (χ3n) is 5.40. The van der Waals surface area contributed by atoms with Gasteiger partial charge in [-0.1, -0.05) is 47.7 Å². The number of hydrogen-bond acceptors (Lipinski definition) is 5. The molecule has 1 fully saturated rings. The molecule has 1 aliphatic rings. The number of fused-ring (bicyclic) bond motifs is 3. The largest absolute Gasteiger partial charge is 0.274 e. The lowest BCUT2D eigenvalue weighted by molar-refractivity contribution is 0.551. The smallest absolute Gasteiger partial charge is 0.267 e. The second-order valence-corrected chi connectivity index (χ2v) is 8.18. The average Bonchev–Trinajstić information content (AvgIpc) is 3.33. The molecule has 2 aromatic heterocycles. The summed E-state index contributed by atoms with van der Waals surface area (Å²) in [6.07, 6.45) is 2.10. The van der Waals surface area contributed by atoms with Crippen molar-refractivity contribution in [1.82, 2.24) is 20.2 Å². The van der Waals surface area contributed by atoms with Gasteiger partial charge in [0.15, 0.2) is 4.96 Å². The van der Waals surface area contributed by atoms with E-state index in [2.05, 4.69) is 60.0 Å². The minimum Gasteiger partial charge on any atom is -0.267 e. The summed E-state index contributed by atoms with van der Waals surface area (Å²) in [4.78, 5) is 18.5. The topological polar surface area (TPSA) is 58.4 Å². The lowest BCUT2D eigenvalue weighted by atomic mass is 9.95. The third kappa shape index (κ3) is 2.68. The number of aryl methyl sites for hydroxylation is 2. The van der Waals surface area contributed by atoms with Crippen LogP contribution in [0, 0.1) is 19.8 Å². The van der Waals surface area contributed by atoms with Gasteiger partial charge in [0.2, 0.25) is 0 Å². The van der Waals surface area contributed by atoms with E-state index in [0.717, 1.165) is 27.1 Å². The number of nitrogens with zero attached hydrogens (tertiary/aromatic N) is 2. The van der Waals surface area contributed by atoms with E-state index in [1.54, 1.807) is 4.40 Å². The van der Waals surface area contributed by atoms with E-state index in [9.17, 15) is 4.79 Å². The van der Waals surface area contributed by atoms with Crippen molar-refractivity contribution in [3.63, 3.8) is 0 Å². The van der Waals surface area contributed by atoms with Crippen molar-refractivity contribution in [1.29, 1.82) is 0 Å². The first kappa shape index (κ1) is 16.6. The van der Waals surface area contributed by atoms with Gasteiger partial charge < -0.3 is 0 Å². The number of thiazole rings is 1. The lowest BCUT2D eigenvalue weighted by Crippen LogP contribution is -2.26. The van der Waals surface area contributed by atoms with Crippen LogP contribution in [0.5, 0.6) is 0 Å². The molecule has 2 N–H and O–H groups in total. The van der Waals surface area contributed by atoms with E-state index in [-0.39, 0.29) is 17.5 Å². The highest BCUT2D eigenvalue weighted by Gasteiger charge is 2.26. The number of imidazole rings is 1. The van der Waals surface area contributed by atoms with Crippen molar-refractivity contribution in [2.45, 2.75) is 19.9 Å². The van der Waals surface area contributed by atoms with Crippen molar-refractivity contribution in [3.8, 4) is 0 Å². The fraction of sp³-hybridized carbons (Fsp3) is 0.238. The van der Waals surface area contributed by atoms with Crippen molar-refractivity contribution in [2.75, 3.05) is 6.54 Å². The Hall–Kier alpha value is -2.54. The molecule has 0 saturated carbocycles. The summed E-state index contributed by atoms with van der Waals surface area (Å²) in [6.45, 7) is 4.93. The van der Waals surface area contributed by atoms with E-state index in [0.29, 0.717) is 0 Å². The Morgan fingerprint density at radius 3 is 2.78 bits per heavy atom. The monoisotopic (exact) mass is 376 g/mol. The predicted octanol–water partition coefficient (Wildman–Crippen LogP) is 2.49. The van der Waals surface area contributed by atoms with E-state index in [1.165, 1.54) is 28.0 Å². The molecule has 136 valence electrons. The summed E-state index contributed by atoms with van der Waals surface area (Å²) in [5, 5.41) is 0. The SMILES string of the molecule is Cc1cc2nc3s/c(=C/C4CNNC4c4ccccc4)c(=O)n3c2cc1C. The van der Waals surface area contributed by atoms with Gasteiger partial charge in [-0.25, -0.2) is 14.8 Å². The van der Waals surface area contributed by atoms with Crippen LogP contribution in [0.1, 0.15) is 22.7 Å². The molecule has 2 atom stereocenters. The number of hydrogen-bond donors (Lipinski definition) is 2. The number of aromatic nitrogens is 2. The molecule has 1 saturated heterocycles. The van der Waals surface area contributed by atoms with Gasteiger partial charge in [0.25, 0.3) is 5.56 Å². The van der Waals surface area contributed by atoms with Crippen LogP contribution in [-0.2, 0) is 0 Å². The highest BCUT2D eigenvalue weighted by Crippen LogP contribution is 2.26. The molecule has 0 aliphatic carbocycles. The molecule has 3 heterocycles. The Morgan fingerprint density at radius 2 is 1.96 bits per heavy atom. The van der Waals surface area contributed by atoms with Gasteiger partial charge in [-0.05, 0) is 42.7 Å². The molecular weight excluding hydrogens is 356 g/mol. The standard InChI is InChI=1S/C21H20N4OS/c1-12-8-16-17(9-13(12)2)25-20(26)18(27-21(25)23-16)10-15-11-22-24-19(15)14-6-4-3-5-7-14/h3-10,15,19,22,24H,11H2,1-2H3/b18-10+. The Balaban J connectivity index is 1.63. The van der Waals surface area contributed by atoms with Crippen molar-refractivity contribution in [3.05, 3.63) is 74.0 Å². The Morgan fingerprint density at radius 1 is 1.19 bits per heavy atom. The molecular formula is C21H20N4OS. The van der Waals surface area contributed by atoms with E-state index < -0.39 is 0 Å². The van der Waals surface area contributed by atoms with Gasteiger partial charge in [0.05, 0.1) is 21.6 Å². The van der Waals surface area contributed by atoms with E-state index in [1.807, 2.05) is 18.2 Å². The highest BCUT2D eigenvalue weighted by atomic mass is 32.1. The van der Waals surface area contributed by atoms with Gasteiger partial charge in [0, 0.05) is 12.5 Å². The van der Waals surface area contributed by atoms with Crippen LogP contribution in [0.4, 0.5) is 0 Å². The van der Waals surface area contributed by atoms with E-state index in [4.69, 9.17) is 0 Å². The molecule has 6 heteroatoms. The highest BCUT2D eigenvalue weighted by molar-refractivity contribution is 7.15. The molecule has 27 heavy (non-hydrogen) atoms. The third-order valence-corrected chi connectivity index (χ3v) is 6.39. The number of rotatable bonds is 2. The molecule has 2 unspecified atom stereocenters. The van der Waals surface area contributed by atoms with E-state index >= 15 is 0 Å². The normalized spacial score (nSPS) is 20.9. The van der Waals surface area contributed by atoms with Crippen molar-refractivity contribution in [2.24, 2.45) is 5.92 Å². The van der Waals surface area contributed by atoms with Crippen LogP contribution in [-0.4, -0.2) is 15.9 Å². The predicted molar refractivity (Wildman–Crippen MR) is 110 cm³/mol. The maximum atomic E-state index is 13.1. The van der Waals surface area contributed by atoms with Crippen molar-refractivity contribution >= 4 is 33.4 Å². The summed E-state index contributed by atoms with van der Waals surface area (Å²) in [7, 11) is 0. The molecule has 4 aromatic rings. The van der Waals surface area contributed by atoms with Crippen LogP contribution < -0.4 is 20.9 Å². The van der Waals surface area contributed by atoms with Crippen molar-refractivity contribution < 1.29 is 0 Å². The molecule has 5 nitrogen and oxygen atoms in total. The first-order valence-electron chi connectivity index (χ1n) is 9.09. The lowest BCUT2D eigenvalue weighted by Gasteiger charge is -2.15. The van der Waals surface area contributed by atoms with Gasteiger partial charge in [-0.15, -0.1) is 0 Å². The summed E-state index contributed by atoms with van der Waals surface area (Å²) >= 11 is 1.47. The number of nitrogens with one attached hydrogen (secondary N) is 2. The van der Waals surface area contributed by atoms with Crippen LogP contribution in [0.15, 0.2) is 47.3 Å². The second kappa shape index (κ2) is 6.27. The molecule has 0 bridgehead atoms. The molecule has 5 rings (SSSR count).